The number of nitrogens with zero attached hydrogens (tertiary/aromatic N) is 1. The van der Waals surface area contributed by atoms with E-state index in [1.807, 2.05) is 25.1 Å². The van der Waals surface area contributed by atoms with E-state index in [1.165, 1.54) is 13.2 Å². The molecule has 0 aliphatic rings. The van der Waals surface area contributed by atoms with E-state index in [0.717, 1.165) is 21.8 Å². The number of ether oxygens (including phenoxy) is 1. The Morgan fingerprint density at radius 1 is 1.35 bits per heavy atom. The lowest BCUT2D eigenvalue weighted by molar-refractivity contribution is 0.321. The van der Waals surface area contributed by atoms with Gasteiger partial charge in [-0.05, 0) is 41.8 Å². The van der Waals surface area contributed by atoms with Gasteiger partial charge in [-0.15, -0.1) is 0 Å². The first-order chi connectivity index (χ1) is 9.58. The highest BCUT2D eigenvalue weighted by atomic mass is 79.9. The molecule has 104 valence electrons. The van der Waals surface area contributed by atoms with Gasteiger partial charge < -0.3 is 9.94 Å². The van der Waals surface area contributed by atoms with Gasteiger partial charge >= 0.3 is 0 Å². The van der Waals surface area contributed by atoms with Crippen molar-refractivity contribution < 1.29 is 14.3 Å². The predicted molar refractivity (Wildman–Crippen MR) is 80.2 cm³/mol. The molecule has 20 heavy (non-hydrogen) atoms. The maximum atomic E-state index is 14.1. The van der Waals surface area contributed by atoms with Crippen molar-refractivity contribution in [2.45, 2.75) is 6.92 Å². The molecule has 0 atom stereocenters. The van der Waals surface area contributed by atoms with E-state index in [9.17, 15) is 4.39 Å². The molecular weight excluding hydrogens is 325 g/mol. The Morgan fingerprint density at radius 2 is 2.10 bits per heavy atom. The van der Waals surface area contributed by atoms with E-state index in [-0.39, 0.29) is 5.56 Å². The Kier molecular flexibility index (Phi) is 4.39. The first-order valence-electron chi connectivity index (χ1n) is 5.89. The molecule has 0 bridgehead atoms. The van der Waals surface area contributed by atoms with Gasteiger partial charge in [-0.2, -0.15) is 0 Å². The smallest absolute Gasteiger partial charge is 0.136 e. The van der Waals surface area contributed by atoms with Crippen LogP contribution in [-0.2, 0) is 0 Å². The number of halogens is 2. The van der Waals surface area contributed by atoms with Gasteiger partial charge in [0.2, 0.25) is 0 Å². The van der Waals surface area contributed by atoms with E-state index in [0.29, 0.717) is 11.3 Å². The van der Waals surface area contributed by atoms with Crippen molar-refractivity contribution in [2.24, 2.45) is 5.16 Å². The highest BCUT2D eigenvalue weighted by Crippen LogP contribution is 2.33. The van der Waals surface area contributed by atoms with Gasteiger partial charge in [0.25, 0.3) is 0 Å². The Balaban J connectivity index is 2.65. The SMILES string of the molecule is COc1cc(-c2cccc(Br)c2C)cc(F)c1C=NO. The van der Waals surface area contributed by atoms with Crippen molar-refractivity contribution >= 4 is 22.1 Å². The van der Waals surface area contributed by atoms with Crippen LogP contribution in [0.2, 0.25) is 0 Å². The summed E-state index contributed by atoms with van der Waals surface area (Å²) in [6.45, 7) is 1.95. The van der Waals surface area contributed by atoms with Crippen molar-refractivity contribution in [1.82, 2.24) is 0 Å². The standard InChI is InChI=1S/C15H13BrFNO2/c1-9-11(4-3-5-13(9)16)10-6-14(17)12(8-18-19)15(7-10)20-2/h3-8,19H,1-2H3. The lowest BCUT2D eigenvalue weighted by atomic mass is 9.99. The molecule has 0 saturated heterocycles. The van der Waals surface area contributed by atoms with Gasteiger partial charge in [0, 0.05) is 4.47 Å². The Hall–Kier alpha value is -1.88. The van der Waals surface area contributed by atoms with Crippen LogP contribution in [0.5, 0.6) is 5.75 Å². The van der Waals surface area contributed by atoms with Crippen molar-refractivity contribution in [3.05, 3.63) is 51.7 Å². The highest BCUT2D eigenvalue weighted by Gasteiger charge is 2.13. The van der Waals surface area contributed by atoms with Gasteiger partial charge in [-0.25, -0.2) is 4.39 Å². The third kappa shape index (κ3) is 2.67. The molecule has 0 aliphatic heterocycles. The molecule has 3 nitrogen and oxygen atoms in total. The molecule has 1 N–H and O–H groups in total. The molecular formula is C15H13BrFNO2. The van der Waals surface area contributed by atoms with Crippen molar-refractivity contribution in [1.29, 1.82) is 0 Å². The molecule has 2 rings (SSSR count). The van der Waals surface area contributed by atoms with Crippen LogP contribution in [0, 0.1) is 12.7 Å². The average Bonchev–Trinajstić information content (AvgIpc) is 2.44. The number of benzene rings is 2. The second-order valence-electron chi connectivity index (χ2n) is 4.23. The fourth-order valence-electron chi connectivity index (χ4n) is 2.02. The predicted octanol–water partition coefficient (Wildman–Crippen LogP) is 4.38. The topological polar surface area (TPSA) is 41.8 Å². The van der Waals surface area contributed by atoms with Crippen LogP contribution in [0.25, 0.3) is 11.1 Å². The van der Waals surface area contributed by atoms with Gasteiger partial charge in [-0.3, -0.25) is 0 Å². The zero-order chi connectivity index (χ0) is 14.7. The minimum atomic E-state index is -0.503. The van der Waals surface area contributed by atoms with E-state index in [1.54, 1.807) is 6.07 Å². The van der Waals surface area contributed by atoms with E-state index < -0.39 is 5.82 Å². The molecule has 0 unspecified atom stereocenters. The van der Waals surface area contributed by atoms with Gasteiger partial charge in [0.15, 0.2) is 0 Å². The molecule has 0 aromatic heterocycles. The second kappa shape index (κ2) is 6.05. The van der Waals surface area contributed by atoms with Crippen LogP contribution in [0.3, 0.4) is 0 Å². The van der Waals surface area contributed by atoms with Crippen LogP contribution in [0.4, 0.5) is 4.39 Å². The Morgan fingerprint density at radius 3 is 2.75 bits per heavy atom. The minimum absolute atomic E-state index is 0.117. The summed E-state index contributed by atoms with van der Waals surface area (Å²) in [6.07, 6.45) is 1.02. The summed E-state index contributed by atoms with van der Waals surface area (Å²) < 4.78 is 20.2. The number of hydrogen-bond donors (Lipinski definition) is 1. The molecule has 0 radical (unpaired) electrons. The molecule has 2 aromatic carbocycles. The summed E-state index contributed by atoms with van der Waals surface area (Å²) in [6, 6.07) is 8.84. The third-order valence-corrected chi connectivity index (χ3v) is 3.94. The van der Waals surface area contributed by atoms with Crippen LogP contribution < -0.4 is 4.74 Å². The minimum Gasteiger partial charge on any atom is -0.496 e. The number of hydrogen-bond acceptors (Lipinski definition) is 3. The number of methoxy groups -OCH3 is 1. The summed E-state index contributed by atoms with van der Waals surface area (Å²) in [5.74, 6) is -0.186. The highest BCUT2D eigenvalue weighted by molar-refractivity contribution is 9.10. The van der Waals surface area contributed by atoms with Crippen LogP contribution in [0.15, 0.2) is 40.0 Å². The van der Waals surface area contributed by atoms with Crippen LogP contribution in [-0.4, -0.2) is 18.5 Å². The lowest BCUT2D eigenvalue weighted by Gasteiger charge is -2.12. The molecule has 0 amide bonds. The molecule has 0 spiro atoms. The summed E-state index contributed by atoms with van der Waals surface area (Å²) in [5.41, 5.74) is 2.74. The molecule has 5 heteroatoms. The summed E-state index contributed by atoms with van der Waals surface area (Å²) in [7, 11) is 1.45. The van der Waals surface area contributed by atoms with E-state index in [4.69, 9.17) is 9.94 Å². The fourth-order valence-corrected chi connectivity index (χ4v) is 2.39. The maximum absolute atomic E-state index is 14.1. The molecule has 0 fully saturated rings. The van der Waals surface area contributed by atoms with Gasteiger partial charge in [0.1, 0.15) is 11.6 Å². The first-order valence-corrected chi connectivity index (χ1v) is 6.68. The number of oxime groups is 1. The third-order valence-electron chi connectivity index (χ3n) is 3.08. The summed E-state index contributed by atoms with van der Waals surface area (Å²) in [4.78, 5) is 0. The second-order valence-corrected chi connectivity index (χ2v) is 5.09. The number of rotatable bonds is 3. The van der Waals surface area contributed by atoms with Crippen molar-refractivity contribution in [3.63, 3.8) is 0 Å². The molecule has 0 aliphatic carbocycles. The maximum Gasteiger partial charge on any atom is 0.136 e. The monoisotopic (exact) mass is 337 g/mol. The molecule has 0 heterocycles. The van der Waals surface area contributed by atoms with Crippen LogP contribution >= 0.6 is 15.9 Å². The van der Waals surface area contributed by atoms with E-state index >= 15 is 0 Å². The Labute approximate surface area is 124 Å². The fraction of sp³-hybridized carbons (Fsp3) is 0.133. The Bertz CT molecular complexity index is 671. The van der Waals surface area contributed by atoms with Crippen LogP contribution in [0.1, 0.15) is 11.1 Å². The first kappa shape index (κ1) is 14.5. The average molecular weight is 338 g/mol. The summed E-state index contributed by atoms with van der Waals surface area (Å²) in [5, 5.41) is 11.4. The quantitative estimate of drug-likeness (QED) is 0.513. The van der Waals surface area contributed by atoms with E-state index in [2.05, 4.69) is 21.1 Å². The zero-order valence-electron chi connectivity index (χ0n) is 11.0. The van der Waals surface area contributed by atoms with Crippen molar-refractivity contribution in [3.8, 4) is 16.9 Å². The van der Waals surface area contributed by atoms with Gasteiger partial charge in [-0.1, -0.05) is 33.2 Å². The van der Waals surface area contributed by atoms with Gasteiger partial charge in [0.05, 0.1) is 18.9 Å². The van der Waals surface area contributed by atoms with Crippen molar-refractivity contribution in [2.75, 3.05) is 7.11 Å². The summed E-state index contributed by atoms with van der Waals surface area (Å²) >= 11 is 3.46. The largest absolute Gasteiger partial charge is 0.496 e. The molecule has 2 aromatic rings. The molecule has 0 saturated carbocycles. The zero-order valence-corrected chi connectivity index (χ0v) is 12.6. The normalized spacial score (nSPS) is 11.0. The lowest BCUT2D eigenvalue weighted by Crippen LogP contribution is -1.97.